The first-order valence-electron chi connectivity index (χ1n) is 4.36. The highest BCUT2D eigenvalue weighted by Crippen LogP contribution is 2.42. The Labute approximate surface area is 77.1 Å². The van der Waals surface area contributed by atoms with Gasteiger partial charge >= 0.3 is 0 Å². The van der Waals surface area contributed by atoms with E-state index in [0.717, 1.165) is 0 Å². The summed E-state index contributed by atoms with van der Waals surface area (Å²) in [5.74, 6) is 0.683. The largest absolute Gasteiger partial charge is 0.260 e. The zero-order chi connectivity index (χ0) is 9.15. The molecule has 0 aromatic carbocycles. The molecule has 0 saturated heterocycles. The fraction of sp³-hybridized carbons (Fsp3) is 0.444. The number of hydrogen-bond donors (Lipinski definition) is 1. The number of hydrogen-bond acceptors (Lipinski definition) is 4. The summed E-state index contributed by atoms with van der Waals surface area (Å²) in [6.45, 7) is 2.19. The van der Waals surface area contributed by atoms with Crippen molar-refractivity contribution in [3.05, 3.63) is 18.3 Å². The molecule has 1 N–H and O–H groups in total. The minimum absolute atomic E-state index is 0.329. The number of rotatable bonds is 3. The van der Waals surface area contributed by atoms with Gasteiger partial charge in [0.25, 0.3) is 0 Å². The summed E-state index contributed by atoms with van der Waals surface area (Å²) in [6.07, 6.45) is 6.05. The molecule has 0 amide bonds. The van der Waals surface area contributed by atoms with Crippen LogP contribution in [-0.4, -0.2) is 16.4 Å². The van der Waals surface area contributed by atoms with Crippen LogP contribution in [0, 0.1) is 5.41 Å². The van der Waals surface area contributed by atoms with Crippen LogP contribution in [0.3, 0.4) is 0 Å². The topological polar surface area (TPSA) is 50.2 Å². The molecule has 1 saturated carbocycles. The Morgan fingerprint density at radius 1 is 1.62 bits per heavy atom. The fourth-order valence-electron chi connectivity index (χ4n) is 0.942. The van der Waals surface area contributed by atoms with Gasteiger partial charge in [-0.15, -0.1) is 5.10 Å². The van der Waals surface area contributed by atoms with Crippen LogP contribution in [0.5, 0.6) is 0 Å². The highest BCUT2D eigenvalue weighted by atomic mass is 15.3. The summed E-state index contributed by atoms with van der Waals surface area (Å²) in [5, 5.41) is 11.7. The molecule has 13 heavy (non-hydrogen) atoms. The van der Waals surface area contributed by atoms with Gasteiger partial charge < -0.3 is 0 Å². The van der Waals surface area contributed by atoms with Crippen LogP contribution in [0.25, 0.3) is 0 Å². The molecule has 0 unspecified atom stereocenters. The van der Waals surface area contributed by atoms with Crippen molar-refractivity contribution >= 4 is 12.0 Å². The molecule has 1 fully saturated rings. The second-order valence-electron chi connectivity index (χ2n) is 3.63. The van der Waals surface area contributed by atoms with Crippen LogP contribution in [0.15, 0.2) is 23.4 Å². The van der Waals surface area contributed by atoms with Gasteiger partial charge in [-0.3, -0.25) is 5.43 Å². The maximum atomic E-state index is 4.10. The minimum atomic E-state index is 0.329. The Hall–Kier alpha value is -1.45. The minimum Gasteiger partial charge on any atom is -0.260 e. The molecule has 1 heterocycles. The summed E-state index contributed by atoms with van der Waals surface area (Å²) >= 11 is 0. The molecule has 1 aromatic heterocycles. The predicted octanol–water partition coefficient (Wildman–Crippen LogP) is 1.67. The Kier molecular flexibility index (Phi) is 1.96. The maximum absolute atomic E-state index is 4.10. The van der Waals surface area contributed by atoms with Crippen LogP contribution in [0.1, 0.15) is 19.8 Å². The van der Waals surface area contributed by atoms with Gasteiger partial charge in [0, 0.05) is 17.8 Å². The number of anilines is 1. The van der Waals surface area contributed by atoms with Crippen LogP contribution in [0.2, 0.25) is 0 Å². The second kappa shape index (κ2) is 3.12. The van der Waals surface area contributed by atoms with Gasteiger partial charge in [-0.05, 0) is 25.0 Å². The quantitative estimate of drug-likeness (QED) is 0.563. The summed E-state index contributed by atoms with van der Waals surface area (Å²) in [6, 6.07) is 3.66. The summed E-state index contributed by atoms with van der Waals surface area (Å²) in [7, 11) is 0. The third-order valence-corrected chi connectivity index (χ3v) is 2.17. The molecule has 0 bridgehead atoms. The lowest BCUT2D eigenvalue weighted by Gasteiger charge is -1.98. The van der Waals surface area contributed by atoms with E-state index in [1.807, 2.05) is 18.3 Å². The molecule has 0 aliphatic heterocycles. The van der Waals surface area contributed by atoms with Crippen molar-refractivity contribution in [3.63, 3.8) is 0 Å². The zero-order valence-corrected chi connectivity index (χ0v) is 7.57. The smallest absolute Gasteiger partial charge is 0.168 e. The van der Waals surface area contributed by atoms with Crippen LogP contribution in [0.4, 0.5) is 5.82 Å². The average molecular weight is 176 g/mol. The average Bonchev–Trinajstić information content (AvgIpc) is 2.86. The zero-order valence-electron chi connectivity index (χ0n) is 7.57. The molecule has 1 aliphatic carbocycles. The first-order valence-corrected chi connectivity index (χ1v) is 4.36. The van der Waals surface area contributed by atoms with Crippen molar-refractivity contribution < 1.29 is 0 Å². The third kappa shape index (κ3) is 2.24. The molecule has 0 radical (unpaired) electrons. The van der Waals surface area contributed by atoms with Crippen molar-refractivity contribution in [2.24, 2.45) is 10.5 Å². The van der Waals surface area contributed by atoms with Crippen LogP contribution in [-0.2, 0) is 0 Å². The Bertz CT molecular complexity index is 303. The molecule has 4 nitrogen and oxygen atoms in total. The highest BCUT2D eigenvalue weighted by molar-refractivity contribution is 5.69. The number of nitrogens with zero attached hydrogens (tertiary/aromatic N) is 3. The third-order valence-electron chi connectivity index (χ3n) is 2.17. The molecular formula is C9H12N4. The molecule has 2 rings (SSSR count). The van der Waals surface area contributed by atoms with Crippen LogP contribution < -0.4 is 5.43 Å². The Balaban J connectivity index is 1.89. The lowest BCUT2D eigenvalue weighted by atomic mass is 10.2. The Morgan fingerprint density at radius 2 is 2.46 bits per heavy atom. The van der Waals surface area contributed by atoms with E-state index in [2.05, 4.69) is 27.6 Å². The van der Waals surface area contributed by atoms with Gasteiger partial charge in [-0.2, -0.15) is 10.2 Å². The van der Waals surface area contributed by atoms with E-state index in [9.17, 15) is 0 Å². The van der Waals surface area contributed by atoms with Crippen LogP contribution >= 0.6 is 0 Å². The van der Waals surface area contributed by atoms with Gasteiger partial charge in [-0.25, -0.2) is 0 Å². The van der Waals surface area contributed by atoms with E-state index in [1.165, 1.54) is 12.8 Å². The number of aromatic nitrogens is 2. The molecule has 1 aliphatic rings. The Morgan fingerprint density at radius 3 is 3.08 bits per heavy atom. The lowest BCUT2D eigenvalue weighted by molar-refractivity contribution is 0.822. The van der Waals surface area contributed by atoms with E-state index in [0.29, 0.717) is 11.2 Å². The van der Waals surface area contributed by atoms with E-state index in [1.54, 1.807) is 6.20 Å². The van der Waals surface area contributed by atoms with E-state index in [4.69, 9.17) is 0 Å². The van der Waals surface area contributed by atoms with E-state index in [-0.39, 0.29) is 0 Å². The summed E-state index contributed by atoms with van der Waals surface area (Å²) < 4.78 is 0. The van der Waals surface area contributed by atoms with Gasteiger partial charge in [0.2, 0.25) is 0 Å². The first-order chi connectivity index (χ1) is 6.29. The lowest BCUT2D eigenvalue weighted by Crippen LogP contribution is -1.99. The van der Waals surface area contributed by atoms with Gasteiger partial charge in [-0.1, -0.05) is 6.92 Å². The van der Waals surface area contributed by atoms with Gasteiger partial charge in [0.15, 0.2) is 5.82 Å². The second-order valence-corrected chi connectivity index (χ2v) is 3.63. The highest BCUT2D eigenvalue weighted by Gasteiger charge is 2.35. The maximum Gasteiger partial charge on any atom is 0.168 e. The normalized spacial score (nSPS) is 18.8. The van der Waals surface area contributed by atoms with Gasteiger partial charge in [0.1, 0.15) is 0 Å². The van der Waals surface area contributed by atoms with Crippen molar-refractivity contribution in [1.82, 2.24) is 10.2 Å². The monoisotopic (exact) mass is 176 g/mol. The number of nitrogens with one attached hydrogen (secondary N) is 1. The SMILES string of the molecule is CC1(/C=N/Nc2cccnn2)CC1. The molecular weight excluding hydrogens is 164 g/mol. The molecule has 0 spiro atoms. The molecule has 1 aromatic rings. The number of hydrazone groups is 1. The predicted molar refractivity (Wildman–Crippen MR) is 51.5 cm³/mol. The molecule has 4 heteroatoms. The first kappa shape index (κ1) is 8.16. The van der Waals surface area contributed by atoms with Crippen molar-refractivity contribution in [1.29, 1.82) is 0 Å². The molecule has 0 atom stereocenters. The standard InChI is InChI=1S/C9H12N4/c1-9(4-5-9)7-11-13-8-3-2-6-10-12-8/h2-3,6-7H,4-5H2,1H3,(H,12,13)/b11-7+. The van der Waals surface area contributed by atoms with E-state index >= 15 is 0 Å². The van der Waals surface area contributed by atoms with E-state index < -0.39 is 0 Å². The molecule has 68 valence electrons. The van der Waals surface area contributed by atoms with Crippen molar-refractivity contribution in [2.45, 2.75) is 19.8 Å². The van der Waals surface area contributed by atoms with Gasteiger partial charge in [0.05, 0.1) is 0 Å². The summed E-state index contributed by atoms with van der Waals surface area (Å²) in [4.78, 5) is 0. The van der Waals surface area contributed by atoms with Crippen molar-refractivity contribution in [2.75, 3.05) is 5.43 Å². The summed E-state index contributed by atoms with van der Waals surface area (Å²) in [5.41, 5.74) is 3.17. The van der Waals surface area contributed by atoms with Crippen molar-refractivity contribution in [3.8, 4) is 0 Å². The fourth-order valence-corrected chi connectivity index (χ4v) is 0.942.